The van der Waals surface area contributed by atoms with E-state index in [1.165, 1.54) is 19.3 Å². The van der Waals surface area contributed by atoms with E-state index in [4.69, 9.17) is 14.2 Å². The lowest BCUT2D eigenvalue weighted by atomic mass is 10.1. The van der Waals surface area contributed by atoms with Crippen LogP contribution < -0.4 is 0 Å². The maximum absolute atomic E-state index is 12.8. The van der Waals surface area contributed by atoms with Crippen molar-refractivity contribution in [2.75, 3.05) is 13.2 Å². The number of unbranched alkanes of at least 4 members (excludes halogenated alkanes) is 10. The second-order valence-electron chi connectivity index (χ2n) is 16.0. The highest BCUT2D eigenvalue weighted by Gasteiger charge is 2.19. The van der Waals surface area contributed by atoms with Gasteiger partial charge >= 0.3 is 17.9 Å². The molecule has 0 aliphatic heterocycles. The van der Waals surface area contributed by atoms with E-state index in [2.05, 4.69) is 142 Å². The predicted molar refractivity (Wildman–Crippen MR) is 274 cm³/mol. The fourth-order valence-corrected chi connectivity index (χ4v) is 6.14. The summed E-state index contributed by atoms with van der Waals surface area (Å²) in [6.07, 6.45) is 71.6. The molecule has 6 heteroatoms. The van der Waals surface area contributed by atoms with E-state index < -0.39 is 6.10 Å². The van der Waals surface area contributed by atoms with Gasteiger partial charge in [-0.05, 0) is 116 Å². The first kappa shape index (κ1) is 59.5. The molecule has 1 unspecified atom stereocenters. The normalized spacial score (nSPS) is 13.2. The zero-order valence-corrected chi connectivity index (χ0v) is 40.7. The maximum atomic E-state index is 12.8. The van der Waals surface area contributed by atoms with E-state index in [0.29, 0.717) is 12.8 Å². The second-order valence-corrected chi connectivity index (χ2v) is 16.0. The predicted octanol–water partition coefficient (Wildman–Crippen LogP) is 16.7. The van der Waals surface area contributed by atoms with Crippen molar-refractivity contribution in [3.8, 4) is 0 Å². The smallest absolute Gasteiger partial charge is 0.306 e. The summed E-state index contributed by atoms with van der Waals surface area (Å²) in [7, 11) is 0. The molecule has 0 aliphatic carbocycles. The van der Waals surface area contributed by atoms with Crippen LogP contribution in [0.3, 0.4) is 0 Å². The number of ether oxygens (including phenoxy) is 3. The number of carbonyl (C=O) groups excluding carboxylic acids is 3. The molecule has 0 aromatic carbocycles. The standard InChI is InChI=1S/C58H90O6/c1-4-7-10-13-16-19-22-25-27-28-29-30-31-34-36-39-42-45-48-51-57(60)63-54-55(53-62-56(59)50-47-44-41-38-35-32-24-21-18-15-12-9-6-3)64-58(61)52-49-46-43-40-37-33-26-23-20-17-14-11-8-5-2/h7,9-10,12,14,16-19,21,23,25-27,29-30,32,34-36,41,44,55H,4-6,8,11,13,15,20,22,24,28,31,33,37-40,42-43,45-54H2,1-3H3/b10-7-,12-9-,17-14-,19-16-,21-18-,26-23-,27-25-,30-29-,35-32-,36-34-,44-41-. The molecule has 64 heavy (non-hydrogen) atoms. The van der Waals surface area contributed by atoms with Crippen LogP contribution in [0.25, 0.3) is 0 Å². The average Bonchev–Trinajstić information content (AvgIpc) is 3.29. The molecule has 0 N–H and O–H groups in total. The van der Waals surface area contributed by atoms with Gasteiger partial charge in [0.2, 0.25) is 0 Å². The van der Waals surface area contributed by atoms with E-state index in [1.54, 1.807) is 0 Å². The van der Waals surface area contributed by atoms with Gasteiger partial charge < -0.3 is 14.2 Å². The van der Waals surface area contributed by atoms with Crippen LogP contribution in [0, 0.1) is 0 Å². The Kier molecular flexibility index (Phi) is 47.6. The summed E-state index contributed by atoms with van der Waals surface area (Å²) in [5, 5.41) is 0. The molecule has 0 radical (unpaired) electrons. The Morgan fingerprint density at radius 1 is 0.328 bits per heavy atom. The lowest BCUT2D eigenvalue weighted by Crippen LogP contribution is -2.30. The molecule has 0 heterocycles. The third-order valence-corrected chi connectivity index (χ3v) is 9.88. The van der Waals surface area contributed by atoms with Crippen LogP contribution in [0.5, 0.6) is 0 Å². The van der Waals surface area contributed by atoms with Gasteiger partial charge in [-0.2, -0.15) is 0 Å². The minimum atomic E-state index is -0.832. The van der Waals surface area contributed by atoms with Crippen molar-refractivity contribution >= 4 is 17.9 Å². The number of esters is 3. The van der Waals surface area contributed by atoms with Gasteiger partial charge in [0.05, 0.1) is 0 Å². The zero-order valence-electron chi connectivity index (χ0n) is 40.7. The van der Waals surface area contributed by atoms with Crippen LogP contribution in [-0.2, 0) is 28.6 Å². The summed E-state index contributed by atoms with van der Waals surface area (Å²) in [4.78, 5) is 37.9. The molecule has 358 valence electrons. The van der Waals surface area contributed by atoms with Crippen molar-refractivity contribution in [1.82, 2.24) is 0 Å². The topological polar surface area (TPSA) is 78.9 Å². The van der Waals surface area contributed by atoms with Gasteiger partial charge in [-0.3, -0.25) is 14.4 Å². The van der Waals surface area contributed by atoms with Crippen LogP contribution in [0.4, 0.5) is 0 Å². The van der Waals surface area contributed by atoms with E-state index in [9.17, 15) is 14.4 Å². The Bertz CT molecular complexity index is 1430. The quantitative estimate of drug-likeness (QED) is 0.0263. The van der Waals surface area contributed by atoms with Gasteiger partial charge in [0, 0.05) is 19.3 Å². The molecule has 1 atom stereocenters. The fraction of sp³-hybridized carbons (Fsp3) is 0.569. The molecule has 0 bridgehead atoms. The SMILES string of the molecule is CC/C=C\C/C=C\C/C=C\C/C=C\C/C=C\CCCCCC(=O)OCC(COC(=O)CC/C=C\C/C=C\C/C=C\C/C=C\CC)OC(=O)CCCCCCC/C=C\C/C=C\CCCC. The van der Waals surface area contributed by atoms with Crippen LogP contribution in [0.15, 0.2) is 134 Å². The first-order valence-corrected chi connectivity index (χ1v) is 25.2. The van der Waals surface area contributed by atoms with Gasteiger partial charge in [-0.25, -0.2) is 0 Å². The van der Waals surface area contributed by atoms with E-state index >= 15 is 0 Å². The van der Waals surface area contributed by atoms with Gasteiger partial charge in [-0.15, -0.1) is 0 Å². The lowest BCUT2D eigenvalue weighted by molar-refractivity contribution is -0.166. The minimum absolute atomic E-state index is 0.128. The molecule has 0 saturated carbocycles. The Labute approximate surface area is 392 Å². The Hall–Kier alpha value is -4.45. The summed E-state index contributed by atoms with van der Waals surface area (Å²) < 4.78 is 16.7. The summed E-state index contributed by atoms with van der Waals surface area (Å²) in [6.45, 7) is 6.23. The van der Waals surface area contributed by atoms with Crippen molar-refractivity contribution in [3.05, 3.63) is 134 Å². The van der Waals surface area contributed by atoms with Crippen molar-refractivity contribution in [2.24, 2.45) is 0 Å². The Morgan fingerprint density at radius 2 is 0.641 bits per heavy atom. The maximum Gasteiger partial charge on any atom is 0.306 e. The number of carbonyl (C=O) groups is 3. The van der Waals surface area contributed by atoms with Gasteiger partial charge in [0.25, 0.3) is 0 Å². The van der Waals surface area contributed by atoms with Crippen LogP contribution >= 0.6 is 0 Å². The molecule has 0 amide bonds. The van der Waals surface area contributed by atoms with Crippen molar-refractivity contribution in [2.45, 2.75) is 200 Å². The molecule has 0 aromatic rings. The highest BCUT2D eigenvalue weighted by Crippen LogP contribution is 2.11. The summed E-state index contributed by atoms with van der Waals surface area (Å²) in [5.74, 6) is -1.07. The largest absolute Gasteiger partial charge is 0.462 e. The zero-order chi connectivity index (χ0) is 46.5. The fourth-order valence-electron chi connectivity index (χ4n) is 6.14. The average molecular weight is 883 g/mol. The molecular formula is C58H90O6. The number of hydrogen-bond acceptors (Lipinski definition) is 6. The molecule has 0 saturated heterocycles. The molecule has 6 nitrogen and oxygen atoms in total. The van der Waals surface area contributed by atoms with E-state index in [-0.39, 0.29) is 44.0 Å². The van der Waals surface area contributed by atoms with Crippen molar-refractivity contribution in [3.63, 3.8) is 0 Å². The minimum Gasteiger partial charge on any atom is -0.462 e. The molecule has 0 spiro atoms. The molecule has 0 aliphatic rings. The number of hydrogen-bond donors (Lipinski definition) is 0. The summed E-state index contributed by atoms with van der Waals surface area (Å²) in [6, 6.07) is 0. The van der Waals surface area contributed by atoms with E-state index in [0.717, 1.165) is 128 Å². The van der Waals surface area contributed by atoms with Gasteiger partial charge in [-0.1, -0.05) is 193 Å². The van der Waals surface area contributed by atoms with Gasteiger partial charge in [0.1, 0.15) is 13.2 Å². The van der Waals surface area contributed by atoms with Crippen LogP contribution in [0.1, 0.15) is 194 Å². The second kappa shape index (κ2) is 51.2. The Morgan fingerprint density at radius 3 is 1.06 bits per heavy atom. The third kappa shape index (κ3) is 48.6. The number of allylic oxidation sites excluding steroid dienone is 22. The Balaban J connectivity index is 4.57. The first-order valence-electron chi connectivity index (χ1n) is 25.2. The van der Waals surface area contributed by atoms with Gasteiger partial charge in [0.15, 0.2) is 6.10 Å². The third-order valence-electron chi connectivity index (χ3n) is 9.88. The molecule has 0 rings (SSSR count). The van der Waals surface area contributed by atoms with Crippen LogP contribution in [-0.4, -0.2) is 37.2 Å². The molecule has 0 aromatic heterocycles. The highest BCUT2D eigenvalue weighted by atomic mass is 16.6. The van der Waals surface area contributed by atoms with Crippen LogP contribution in [0.2, 0.25) is 0 Å². The highest BCUT2D eigenvalue weighted by molar-refractivity contribution is 5.71. The number of rotatable bonds is 43. The first-order chi connectivity index (χ1) is 31.5. The molecular weight excluding hydrogens is 793 g/mol. The monoisotopic (exact) mass is 883 g/mol. The summed E-state index contributed by atoms with van der Waals surface area (Å²) >= 11 is 0. The molecule has 0 fully saturated rings. The van der Waals surface area contributed by atoms with Crippen molar-refractivity contribution in [1.29, 1.82) is 0 Å². The van der Waals surface area contributed by atoms with Crippen molar-refractivity contribution < 1.29 is 28.6 Å². The lowest BCUT2D eigenvalue weighted by Gasteiger charge is -2.18. The van der Waals surface area contributed by atoms with E-state index in [1.807, 2.05) is 12.2 Å². The summed E-state index contributed by atoms with van der Waals surface area (Å²) in [5.41, 5.74) is 0.